The molecule has 72 valence electrons. The van der Waals surface area contributed by atoms with Gasteiger partial charge in [-0.2, -0.15) is 0 Å². The predicted octanol–water partition coefficient (Wildman–Crippen LogP) is 2.45. The number of carboxylic acids is 1. The summed E-state index contributed by atoms with van der Waals surface area (Å²) in [5, 5.41) is 9.23. The van der Waals surface area contributed by atoms with E-state index in [1.54, 1.807) is 0 Å². The standard InChI is InChI=1S/C11H16O2/c1-7-10(2,3)8-4-5-11(7,6-8)9(12)13/h8H,1,4-6H2,2-3H3,(H,12,13)/t8-,11-/m1/s1. The smallest absolute Gasteiger partial charge is 0.313 e. The van der Waals surface area contributed by atoms with Gasteiger partial charge in [-0.1, -0.05) is 26.0 Å². The van der Waals surface area contributed by atoms with Gasteiger partial charge < -0.3 is 5.11 Å². The molecule has 2 heteroatoms. The van der Waals surface area contributed by atoms with Crippen molar-refractivity contribution < 1.29 is 9.90 Å². The van der Waals surface area contributed by atoms with Crippen LogP contribution in [0.1, 0.15) is 33.1 Å². The Balaban J connectivity index is 2.46. The van der Waals surface area contributed by atoms with Crippen molar-refractivity contribution in [2.75, 3.05) is 0 Å². The van der Waals surface area contributed by atoms with Crippen LogP contribution in [0.4, 0.5) is 0 Å². The number of aliphatic carboxylic acids is 1. The molecule has 2 aliphatic rings. The van der Waals surface area contributed by atoms with Crippen LogP contribution >= 0.6 is 0 Å². The Morgan fingerprint density at radius 3 is 2.54 bits per heavy atom. The minimum Gasteiger partial charge on any atom is -0.481 e. The lowest BCUT2D eigenvalue weighted by molar-refractivity contribution is -0.146. The highest BCUT2D eigenvalue weighted by atomic mass is 16.4. The van der Waals surface area contributed by atoms with Gasteiger partial charge in [0.2, 0.25) is 0 Å². The molecule has 0 unspecified atom stereocenters. The van der Waals surface area contributed by atoms with Gasteiger partial charge in [-0.25, -0.2) is 0 Å². The molecule has 2 aliphatic carbocycles. The van der Waals surface area contributed by atoms with Gasteiger partial charge in [-0.15, -0.1) is 0 Å². The van der Waals surface area contributed by atoms with Crippen LogP contribution in [0.3, 0.4) is 0 Å². The first-order chi connectivity index (χ1) is 5.91. The average molecular weight is 180 g/mol. The zero-order valence-corrected chi connectivity index (χ0v) is 8.26. The molecule has 2 bridgehead atoms. The third-order valence-corrected chi connectivity index (χ3v) is 4.30. The Labute approximate surface area is 78.6 Å². The van der Waals surface area contributed by atoms with Crippen LogP contribution < -0.4 is 0 Å². The van der Waals surface area contributed by atoms with E-state index in [1.165, 1.54) is 0 Å². The van der Waals surface area contributed by atoms with Gasteiger partial charge in [0.25, 0.3) is 0 Å². The van der Waals surface area contributed by atoms with Gasteiger partial charge in [0, 0.05) is 0 Å². The topological polar surface area (TPSA) is 37.3 Å². The molecular formula is C11H16O2. The molecule has 2 saturated carbocycles. The third kappa shape index (κ3) is 0.812. The van der Waals surface area contributed by atoms with E-state index in [0.717, 1.165) is 24.8 Å². The molecule has 0 radical (unpaired) electrons. The van der Waals surface area contributed by atoms with Gasteiger partial charge in [0.05, 0.1) is 5.41 Å². The first-order valence-corrected chi connectivity index (χ1v) is 4.84. The maximum absolute atomic E-state index is 11.2. The number of hydrogen-bond acceptors (Lipinski definition) is 1. The Bertz CT molecular complexity index is 290. The van der Waals surface area contributed by atoms with E-state index in [4.69, 9.17) is 0 Å². The average Bonchev–Trinajstić information content (AvgIpc) is 2.53. The molecule has 2 fully saturated rings. The molecule has 2 nitrogen and oxygen atoms in total. The molecule has 0 aromatic heterocycles. The third-order valence-electron chi connectivity index (χ3n) is 4.30. The number of hydrogen-bond donors (Lipinski definition) is 1. The highest BCUT2D eigenvalue weighted by Gasteiger charge is 2.61. The van der Waals surface area contributed by atoms with Gasteiger partial charge in [0.15, 0.2) is 0 Å². The lowest BCUT2D eigenvalue weighted by Gasteiger charge is -2.35. The summed E-state index contributed by atoms with van der Waals surface area (Å²) in [5.41, 5.74) is 0.411. The maximum atomic E-state index is 11.2. The largest absolute Gasteiger partial charge is 0.481 e. The molecular weight excluding hydrogens is 164 g/mol. The van der Waals surface area contributed by atoms with Crippen molar-refractivity contribution in [3.8, 4) is 0 Å². The molecule has 0 aliphatic heterocycles. The second-order valence-corrected chi connectivity index (χ2v) is 5.03. The van der Waals surface area contributed by atoms with Crippen molar-refractivity contribution in [3.63, 3.8) is 0 Å². The van der Waals surface area contributed by atoms with E-state index in [1.807, 2.05) is 0 Å². The fourth-order valence-electron chi connectivity index (χ4n) is 3.12. The van der Waals surface area contributed by atoms with E-state index in [0.29, 0.717) is 5.92 Å². The summed E-state index contributed by atoms with van der Waals surface area (Å²) in [6.45, 7) is 8.26. The number of carbonyl (C=O) groups is 1. The molecule has 1 N–H and O–H groups in total. The van der Waals surface area contributed by atoms with Crippen LogP contribution in [0, 0.1) is 16.7 Å². The summed E-state index contributed by atoms with van der Waals surface area (Å²) >= 11 is 0. The van der Waals surface area contributed by atoms with Crippen LogP contribution in [-0.2, 0) is 4.79 Å². The van der Waals surface area contributed by atoms with Crippen LogP contribution in [-0.4, -0.2) is 11.1 Å². The fraction of sp³-hybridized carbons (Fsp3) is 0.727. The predicted molar refractivity (Wildman–Crippen MR) is 50.3 cm³/mol. The molecule has 2 atom stereocenters. The summed E-state index contributed by atoms with van der Waals surface area (Å²) in [6.07, 6.45) is 2.67. The molecule has 0 aromatic carbocycles. The Kier molecular flexibility index (Phi) is 1.47. The minimum atomic E-state index is -0.662. The lowest BCUT2D eigenvalue weighted by Crippen LogP contribution is -2.33. The van der Waals surface area contributed by atoms with Crippen LogP contribution in [0.2, 0.25) is 0 Å². The van der Waals surface area contributed by atoms with Gasteiger partial charge in [0.1, 0.15) is 0 Å². The van der Waals surface area contributed by atoms with Crippen LogP contribution in [0.25, 0.3) is 0 Å². The first-order valence-electron chi connectivity index (χ1n) is 4.84. The Morgan fingerprint density at radius 2 is 2.23 bits per heavy atom. The number of rotatable bonds is 1. The van der Waals surface area contributed by atoms with Crippen molar-refractivity contribution in [1.82, 2.24) is 0 Å². The summed E-state index contributed by atoms with van der Waals surface area (Å²) in [6, 6.07) is 0. The highest BCUT2D eigenvalue weighted by Crippen LogP contribution is 2.65. The summed E-state index contributed by atoms with van der Waals surface area (Å²) in [7, 11) is 0. The van der Waals surface area contributed by atoms with Crippen LogP contribution in [0.5, 0.6) is 0 Å². The van der Waals surface area contributed by atoms with Crippen molar-refractivity contribution >= 4 is 5.97 Å². The van der Waals surface area contributed by atoms with E-state index in [2.05, 4.69) is 20.4 Å². The molecule has 13 heavy (non-hydrogen) atoms. The SMILES string of the molecule is C=C1C(C)(C)[C@@H]2CC[C@@]1(C(=O)O)C2. The summed E-state index contributed by atoms with van der Waals surface area (Å²) in [5.74, 6) is -0.123. The van der Waals surface area contributed by atoms with Crippen molar-refractivity contribution in [1.29, 1.82) is 0 Å². The molecule has 0 saturated heterocycles. The van der Waals surface area contributed by atoms with E-state index in [9.17, 15) is 9.90 Å². The van der Waals surface area contributed by atoms with Gasteiger partial charge in [-0.3, -0.25) is 4.79 Å². The fourth-order valence-corrected chi connectivity index (χ4v) is 3.12. The molecule has 0 spiro atoms. The maximum Gasteiger partial charge on any atom is 0.313 e. The van der Waals surface area contributed by atoms with E-state index < -0.39 is 11.4 Å². The summed E-state index contributed by atoms with van der Waals surface area (Å²) < 4.78 is 0. The second kappa shape index (κ2) is 2.17. The quantitative estimate of drug-likeness (QED) is 0.629. The van der Waals surface area contributed by atoms with E-state index in [-0.39, 0.29) is 5.41 Å². The highest BCUT2D eigenvalue weighted by molar-refractivity contribution is 5.80. The first kappa shape index (κ1) is 8.79. The minimum absolute atomic E-state index is 0.0383. The van der Waals surface area contributed by atoms with E-state index >= 15 is 0 Å². The normalized spacial score (nSPS) is 41.1. The molecule has 0 aromatic rings. The number of carboxylic acid groups (broad SMARTS) is 1. The van der Waals surface area contributed by atoms with Gasteiger partial charge >= 0.3 is 5.97 Å². The lowest BCUT2D eigenvalue weighted by atomic mass is 9.68. The molecule has 0 amide bonds. The Morgan fingerprint density at radius 1 is 1.62 bits per heavy atom. The van der Waals surface area contributed by atoms with Crippen molar-refractivity contribution in [3.05, 3.63) is 12.2 Å². The summed E-state index contributed by atoms with van der Waals surface area (Å²) in [4.78, 5) is 11.2. The van der Waals surface area contributed by atoms with Gasteiger partial charge in [-0.05, 0) is 30.6 Å². The second-order valence-electron chi connectivity index (χ2n) is 5.03. The van der Waals surface area contributed by atoms with Crippen LogP contribution in [0.15, 0.2) is 12.2 Å². The van der Waals surface area contributed by atoms with Crippen molar-refractivity contribution in [2.24, 2.45) is 16.7 Å². The number of fused-ring (bicyclic) bond motifs is 2. The van der Waals surface area contributed by atoms with Crippen molar-refractivity contribution in [2.45, 2.75) is 33.1 Å². The monoisotopic (exact) mass is 180 g/mol. The zero-order valence-electron chi connectivity index (χ0n) is 8.26. The Hall–Kier alpha value is -0.790. The molecule has 2 rings (SSSR count). The molecule has 0 heterocycles. The zero-order chi connectivity index (χ0) is 9.85.